The number of nitriles is 1. The number of carbonyl (C=O) groups excluding carboxylic acids is 1. The molecule has 0 spiro atoms. The van der Waals surface area contributed by atoms with Crippen LogP contribution >= 0.6 is 0 Å². The van der Waals surface area contributed by atoms with Crippen LogP contribution in [0.5, 0.6) is 0 Å². The highest BCUT2D eigenvalue weighted by atomic mass is 16.2. The fraction of sp³-hybridized carbons (Fsp3) is 0.130. The lowest BCUT2D eigenvalue weighted by Gasteiger charge is -2.15. The van der Waals surface area contributed by atoms with Crippen molar-refractivity contribution in [2.45, 2.75) is 19.9 Å². The molecule has 5 heteroatoms. The van der Waals surface area contributed by atoms with Gasteiger partial charge in [0.15, 0.2) is 0 Å². The third-order valence-electron chi connectivity index (χ3n) is 4.02. The van der Waals surface area contributed by atoms with Gasteiger partial charge in [-0.05, 0) is 60.9 Å². The standard InChI is InChI=1S/C23H24N4O/c1-4-6-21(13-16(2)25)19-9-11-22(12-10-19)27-23(28)26-17(3)20-8-5-7-18(14-20)15-24/h4-14,17H,1,25H2,2-3H3,(H2,26,27,28)/b16-13-,21-6+. The monoisotopic (exact) mass is 372 g/mol. The topological polar surface area (TPSA) is 90.9 Å². The summed E-state index contributed by atoms with van der Waals surface area (Å²) in [6, 6.07) is 16.2. The predicted molar refractivity (Wildman–Crippen MR) is 114 cm³/mol. The van der Waals surface area contributed by atoms with Gasteiger partial charge in [0.25, 0.3) is 0 Å². The van der Waals surface area contributed by atoms with Crippen LogP contribution in [0, 0.1) is 11.3 Å². The van der Waals surface area contributed by atoms with Gasteiger partial charge in [-0.3, -0.25) is 0 Å². The molecular weight excluding hydrogens is 348 g/mol. The number of nitrogens with one attached hydrogen (secondary N) is 2. The van der Waals surface area contributed by atoms with Gasteiger partial charge in [0.1, 0.15) is 0 Å². The summed E-state index contributed by atoms with van der Waals surface area (Å²) in [7, 11) is 0. The van der Waals surface area contributed by atoms with Gasteiger partial charge in [-0.15, -0.1) is 0 Å². The number of rotatable bonds is 6. The number of nitrogens with zero attached hydrogens (tertiary/aromatic N) is 1. The molecule has 0 heterocycles. The number of amides is 2. The molecular formula is C23H24N4O. The number of allylic oxidation sites excluding steroid dienone is 5. The Morgan fingerprint density at radius 3 is 2.57 bits per heavy atom. The minimum atomic E-state index is -0.317. The van der Waals surface area contributed by atoms with Crippen molar-refractivity contribution >= 4 is 17.3 Å². The van der Waals surface area contributed by atoms with E-state index in [4.69, 9.17) is 11.0 Å². The number of urea groups is 1. The fourth-order valence-corrected chi connectivity index (χ4v) is 2.67. The minimum Gasteiger partial charge on any atom is -0.402 e. The first-order chi connectivity index (χ1) is 13.4. The third-order valence-corrected chi connectivity index (χ3v) is 4.02. The van der Waals surface area contributed by atoms with Crippen molar-refractivity contribution in [2.75, 3.05) is 5.32 Å². The zero-order chi connectivity index (χ0) is 20.5. The van der Waals surface area contributed by atoms with E-state index >= 15 is 0 Å². The van der Waals surface area contributed by atoms with Crippen molar-refractivity contribution in [2.24, 2.45) is 5.73 Å². The number of anilines is 1. The second-order valence-corrected chi connectivity index (χ2v) is 6.38. The second-order valence-electron chi connectivity index (χ2n) is 6.38. The summed E-state index contributed by atoms with van der Waals surface area (Å²) < 4.78 is 0. The Bertz CT molecular complexity index is 945. The maximum Gasteiger partial charge on any atom is 0.319 e. The molecule has 4 N–H and O–H groups in total. The molecule has 1 unspecified atom stereocenters. The highest BCUT2D eigenvalue weighted by Crippen LogP contribution is 2.20. The quantitative estimate of drug-likeness (QED) is 0.632. The number of carbonyl (C=O) groups is 1. The average molecular weight is 372 g/mol. The van der Waals surface area contributed by atoms with E-state index < -0.39 is 0 Å². The first-order valence-electron chi connectivity index (χ1n) is 8.87. The van der Waals surface area contributed by atoms with Gasteiger partial charge in [0, 0.05) is 11.4 Å². The van der Waals surface area contributed by atoms with Gasteiger partial charge >= 0.3 is 6.03 Å². The summed E-state index contributed by atoms with van der Waals surface area (Å²) in [5, 5.41) is 14.7. The van der Waals surface area contributed by atoms with Crippen LogP contribution in [0.4, 0.5) is 10.5 Å². The van der Waals surface area contributed by atoms with Crippen LogP contribution in [0.25, 0.3) is 5.57 Å². The molecule has 5 nitrogen and oxygen atoms in total. The molecule has 0 aromatic heterocycles. The lowest BCUT2D eigenvalue weighted by atomic mass is 10.0. The van der Waals surface area contributed by atoms with Crippen molar-refractivity contribution in [1.82, 2.24) is 5.32 Å². The maximum atomic E-state index is 12.3. The van der Waals surface area contributed by atoms with Gasteiger partial charge in [-0.25, -0.2) is 4.79 Å². The number of benzene rings is 2. The van der Waals surface area contributed by atoms with Gasteiger partial charge in [-0.1, -0.05) is 43.0 Å². The Hall–Kier alpha value is -3.78. The van der Waals surface area contributed by atoms with E-state index in [1.807, 2.05) is 56.3 Å². The second kappa shape index (κ2) is 9.79. The highest BCUT2D eigenvalue weighted by molar-refractivity contribution is 5.90. The van der Waals surface area contributed by atoms with E-state index in [-0.39, 0.29) is 12.1 Å². The third kappa shape index (κ3) is 5.89. The largest absolute Gasteiger partial charge is 0.402 e. The normalized spacial score (nSPS) is 12.6. The molecule has 0 aliphatic heterocycles. The van der Waals surface area contributed by atoms with Crippen molar-refractivity contribution < 1.29 is 4.79 Å². The molecule has 0 saturated heterocycles. The highest BCUT2D eigenvalue weighted by Gasteiger charge is 2.10. The molecule has 0 aliphatic rings. The Kier molecular flexibility index (Phi) is 7.18. The van der Waals surface area contributed by atoms with Crippen LogP contribution in [-0.4, -0.2) is 6.03 Å². The van der Waals surface area contributed by atoms with Gasteiger partial charge in [-0.2, -0.15) is 5.26 Å². The molecule has 2 rings (SSSR count). The van der Waals surface area contributed by atoms with Crippen LogP contribution in [0.15, 0.2) is 79.0 Å². The summed E-state index contributed by atoms with van der Waals surface area (Å²) in [5.74, 6) is 0. The molecule has 0 fully saturated rings. The molecule has 28 heavy (non-hydrogen) atoms. The van der Waals surface area contributed by atoms with Crippen molar-refractivity contribution in [3.63, 3.8) is 0 Å². The predicted octanol–water partition coefficient (Wildman–Crippen LogP) is 4.87. The van der Waals surface area contributed by atoms with Gasteiger partial charge in [0.05, 0.1) is 17.7 Å². The summed E-state index contributed by atoms with van der Waals surface area (Å²) in [4.78, 5) is 12.3. The lowest BCUT2D eigenvalue weighted by Crippen LogP contribution is -2.31. The first-order valence-corrected chi connectivity index (χ1v) is 8.87. The zero-order valence-corrected chi connectivity index (χ0v) is 16.1. The Labute approximate surface area is 165 Å². The molecule has 0 aliphatic carbocycles. The molecule has 0 saturated carbocycles. The average Bonchev–Trinajstić information content (AvgIpc) is 2.68. The van der Waals surface area contributed by atoms with E-state index in [0.717, 1.165) is 16.7 Å². The number of nitrogens with two attached hydrogens (primary N) is 1. The summed E-state index contributed by atoms with van der Waals surface area (Å²) >= 11 is 0. The van der Waals surface area contributed by atoms with Gasteiger partial charge < -0.3 is 16.4 Å². The Morgan fingerprint density at radius 1 is 1.25 bits per heavy atom. The Morgan fingerprint density at radius 2 is 1.96 bits per heavy atom. The number of hydrogen-bond acceptors (Lipinski definition) is 3. The molecule has 0 radical (unpaired) electrons. The van der Waals surface area contributed by atoms with Crippen molar-refractivity contribution in [1.29, 1.82) is 5.26 Å². The molecule has 0 bridgehead atoms. The smallest absolute Gasteiger partial charge is 0.319 e. The number of hydrogen-bond donors (Lipinski definition) is 3. The van der Waals surface area contributed by atoms with Crippen LogP contribution < -0.4 is 16.4 Å². The zero-order valence-electron chi connectivity index (χ0n) is 16.1. The summed E-state index contributed by atoms with van der Waals surface area (Å²) in [5.41, 5.74) is 10.5. The van der Waals surface area contributed by atoms with Gasteiger partial charge in [0.2, 0.25) is 0 Å². The summed E-state index contributed by atoms with van der Waals surface area (Å²) in [6.45, 7) is 7.42. The molecule has 2 amide bonds. The van der Waals surface area contributed by atoms with Crippen molar-refractivity contribution in [3.05, 3.63) is 95.7 Å². The molecule has 2 aromatic carbocycles. The Balaban J connectivity index is 2.04. The SMILES string of the molecule is C=C/C=C(\C=C(\C)N)c1ccc(NC(=O)NC(C)c2cccc(C#N)c2)cc1. The van der Waals surface area contributed by atoms with Crippen molar-refractivity contribution in [3.8, 4) is 6.07 Å². The van der Waals surface area contributed by atoms with Crippen LogP contribution in [-0.2, 0) is 0 Å². The van der Waals surface area contributed by atoms with E-state index in [2.05, 4.69) is 23.3 Å². The van der Waals surface area contributed by atoms with E-state index in [1.165, 1.54) is 0 Å². The fourth-order valence-electron chi connectivity index (χ4n) is 2.67. The van der Waals surface area contributed by atoms with Crippen LogP contribution in [0.2, 0.25) is 0 Å². The molecule has 2 aromatic rings. The van der Waals surface area contributed by atoms with E-state index in [9.17, 15) is 4.79 Å². The van der Waals surface area contributed by atoms with E-state index in [1.54, 1.807) is 24.3 Å². The minimum absolute atomic E-state index is 0.229. The van der Waals surface area contributed by atoms with E-state index in [0.29, 0.717) is 16.9 Å². The van der Waals surface area contributed by atoms with Crippen LogP contribution in [0.3, 0.4) is 0 Å². The lowest BCUT2D eigenvalue weighted by molar-refractivity contribution is 0.249. The van der Waals surface area contributed by atoms with Crippen LogP contribution in [0.1, 0.15) is 36.6 Å². The summed E-state index contributed by atoms with van der Waals surface area (Å²) in [6.07, 6.45) is 5.45. The maximum absolute atomic E-state index is 12.3. The molecule has 142 valence electrons. The molecule has 1 atom stereocenters. The first kappa shape index (κ1) is 20.5.